The molecule has 0 bridgehead atoms. The molecule has 0 unspecified atom stereocenters. The Balaban J connectivity index is 1.60. The molecule has 1 aromatic carbocycles. The van der Waals surface area contributed by atoms with Gasteiger partial charge in [0.1, 0.15) is 0 Å². The van der Waals surface area contributed by atoms with Gasteiger partial charge in [-0.15, -0.1) is 0 Å². The lowest BCUT2D eigenvalue weighted by atomic mass is 9.86. The van der Waals surface area contributed by atoms with E-state index in [0.29, 0.717) is 11.3 Å². The van der Waals surface area contributed by atoms with Crippen molar-refractivity contribution < 1.29 is 23.9 Å². The fourth-order valence-corrected chi connectivity index (χ4v) is 2.53. The number of fused-ring (bicyclic) bond motifs is 1. The smallest absolute Gasteiger partial charge is 0.309 e. The van der Waals surface area contributed by atoms with E-state index in [2.05, 4.69) is 5.32 Å². The quantitative estimate of drug-likeness (QED) is 0.665. The van der Waals surface area contributed by atoms with Crippen molar-refractivity contribution in [3.63, 3.8) is 0 Å². The molecule has 7 heteroatoms. The molecule has 23 heavy (non-hydrogen) atoms. The van der Waals surface area contributed by atoms with Crippen LogP contribution in [0.3, 0.4) is 0 Å². The predicted molar refractivity (Wildman–Crippen MR) is 79.8 cm³/mol. The fourth-order valence-electron chi connectivity index (χ4n) is 2.53. The van der Waals surface area contributed by atoms with Crippen molar-refractivity contribution in [1.82, 2.24) is 4.90 Å². The molecule has 1 N–H and O–H groups in total. The zero-order chi connectivity index (χ0) is 16.6. The first-order valence-corrected chi connectivity index (χ1v) is 7.40. The van der Waals surface area contributed by atoms with Gasteiger partial charge in [-0.3, -0.25) is 24.1 Å². The molecule has 0 spiro atoms. The van der Waals surface area contributed by atoms with Gasteiger partial charge in [0.05, 0.1) is 17.0 Å². The largest absolute Gasteiger partial charge is 0.455 e. The number of nitrogens with one attached hydrogen (secondary N) is 1. The molecule has 2 aliphatic rings. The van der Waals surface area contributed by atoms with Gasteiger partial charge in [0.2, 0.25) is 0 Å². The number of amides is 3. The van der Waals surface area contributed by atoms with E-state index in [4.69, 9.17) is 4.74 Å². The Kier molecular flexibility index (Phi) is 3.85. The molecule has 1 fully saturated rings. The number of esters is 1. The van der Waals surface area contributed by atoms with Crippen molar-refractivity contribution in [3.05, 3.63) is 29.3 Å². The van der Waals surface area contributed by atoms with Gasteiger partial charge in [-0.05, 0) is 31.0 Å². The number of carbonyl (C=O) groups excluding carboxylic acids is 4. The number of anilines is 1. The maximum Gasteiger partial charge on any atom is 0.309 e. The van der Waals surface area contributed by atoms with Crippen molar-refractivity contribution in [2.24, 2.45) is 5.92 Å². The summed E-state index contributed by atoms with van der Waals surface area (Å²) in [7, 11) is 1.41. The molecule has 1 heterocycles. The van der Waals surface area contributed by atoms with Gasteiger partial charge in [0.15, 0.2) is 6.61 Å². The predicted octanol–water partition coefficient (Wildman–Crippen LogP) is 1.19. The van der Waals surface area contributed by atoms with Crippen LogP contribution in [0.25, 0.3) is 0 Å². The Morgan fingerprint density at radius 1 is 1.22 bits per heavy atom. The standard InChI is InChI=1S/C16H16N2O5/c1-18-14(20)11-6-5-10(7-12(11)15(18)21)17-13(19)8-23-16(22)9-3-2-4-9/h5-7,9H,2-4,8H2,1H3,(H,17,19). The molecule has 0 aromatic heterocycles. The molecule has 3 amide bonds. The van der Waals surface area contributed by atoms with E-state index in [-0.39, 0.29) is 30.0 Å². The third-order valence-corrected chi connectivity index (χ3v) is 4.16. The average Bonchev–Trinajstić information content (AvgIpc) is 2.68. The lowest BCUT2D eigenvalue weighted by molar-refractivity contribution is -0.154. The minimum Gasteiger partial charge on any atom is -0.455 e. The SMILES string of the molecule is CN1C(=O)c2ccc(NC(=O)COC(=O)C3CCC3)cc2C1=O. The van der Waals surface area contributed by atoms with Gasteiger partial charge in [0, 0.05) is 12.7 Å². The topological polar surface area (TPSA) is 92.8 Å². The lowest BCUT2D eigenvalue weighted by Gasteiger charge is -2.22. The number of rotatable bonds is 4. The third kappa shape index (κ3) is 2.81. The molecular weight excluding hydrogens is 300 g/mol. The zero-order valence-electron chi connectivity index (χ0n) is 12.6. The van der Waals surface area contributed by atoms with E-state index < -0.39 is 11.8 Å². The van der Waals surface area contributed by atoms with Gasteiger partial charge in [-0.25, -0.2) is 0 Å². The second kappa shape index (κ2) is 5.83. The normalized spacial score (nSPS) is 16.8. The van der Waals surface area contributed by atoms with E-state index in [0.717, 1.165) is 24.2 Å². The van der Waals surface area contributed by atoms with Crippen LogP contribution in [0.15, 0.2) is 18.2 Å². The second-order valence-corrected chi connectivity index (χ2v) is 5.71. The molecule has 120 valence electrons. The van der Waals surface area contributed by atoms with Gasteiger partial charge < -0.3 is 10.1 Å². The van der Waals surface area contributed by atoms with Crippen LogP contribution in [-0.4, -0.2) is 42.2 Å². The Hall–Kier alpha value is -2.70. The first-order valence-electron chi connectivity index (χ1n) is 7.40. The van der Waals surface area contributed by atoms with Crippen LogP contribution in [0, 0.1) is 5.92 Å². The summed E-state index contributed by atoms with van der Waals surface area (Å²) < 4.78 is 4.95. The zero-order valence-corrected chi connectivity index (χ0v) is 12.6. The van der Waals surface area contributed by atoms with Crippen LogP contribution < -0.4 is 5.32 Å². The highest BCUT2D eigenvalue weighted by Gasteiger charge is 2.33. The molecule has 7 nitrogen and oxygen atoms in total. The van der Waals surface area contributed by atoms with E-state index >= 15 is 0 Å². The maximum absolute atomic E-state index is 11.9. The number of benzene rings is 1. The Labute approximate surface area is 132 Å². The van der Waals surface area contributed by atoms with Crippen LogP contribution in [0.2, 0.25) is 0 Å². The number of hydrogen-bond donors (Lipinski definition) is 1. The van der Waals surface area contributed by atoms with Crippen molar-refractivity contribution in [2.75, 3.05) is 19.0 Å². The van der Waals surface area contributed by atoms with Gasteiger partial charge in [0.25, 0.3) is 17.7 Å². The number of hydrogen-bond acceptors (Lipinski definition) is 5. The first-order chi connectivity index (χ1) is 11.0. The summed E-state index contributed by atoms with van der Waals surface area (Å²) in [4.78, 5) is 48.1. The number of carbonyl (C=O) groups is 4. The second-order valence-electron chi connectivity index (χ2n) is 5.71. The summed E-state index contributed by atoms with van der Waals surface area (Å²) in [6.45, 7) is -0.362. The van der Waals surface area contributed by atoms with Crippen LogP contribution in [0.1, 0.15) is 40.0 Å². The number of nitrogens with zero attached hydrogens (tertiary/aromatic N) is 1. The van der Waals surface area contributed by atoms with Crippen LogP contribution in [-0.2, 0) is 14.3 Å². The summed E-state index contributed by atoms with van der Waals surface area (Å²) >= 11 is 0. The molecule has 1 aliphatic carbocycles. The van der Waals surface area contributed by atoms with Gasteiger partial charge in [-0.2, -0.15) is 0 Å². The van der Waals surface area contributed by atoms with E-state index in [1.165, 1.54) is 25.2 Å². The summed E-state index contributed by atoms with van der Waals surface area (Å²) in [5.74, 6) is -1.68. The summed E-state index contributed by atoms with van der Waals surface area (Å²) in [6, 6.07) is 4.48. The highest BCUT2D eigenvalue weighted by Crippen LogP contribution is 2.27. The number of imide groups is 1. The minimum absolute atomic E-state index is 0.0815. The Morgan fingerprint density at radius 3 is 2.57 bits per heavy atom. The fraction of sp³-hybridized carbons (Fsp3) is 0.375. The van der Waals surface area contributed by atoms with Crippen molar-refractivity contribution >= 4 is 29.4 Å². The van der Waals surface area contributed by atoms with Crippen LogP contribution >= 0.6 is 0 Å². The first kappa shape index (κ1) is 15.2. The van der Waals surface area contributed by atoms with Gasteiger partial charge in [-0.1, -0.05) is 6.42 Å². The molecular formula is C16H16N2O5. The van der Waals surface area contributed by atoms with E-state index in [1.807, 2.05) is 0 Å². The van der Waals surface area contributed by atoms with Crippen molar-refractivity contribution in [3.8, 4) is 0 Å². The van der Waals surface area contributed by atoms with Gasteiger partial charge >= 0.3 is 5.97 Å². The van der Waals surface area contributed by atoms with Crippen molar-refractivity contribution in [1.29, 1.82) is 0 Å². The minimum atomic E-state index is -0.484. The lowest BCUT2D eigenvalue weighted by Crippen LogP contribution is -2.28. The Morgan fingerprint density at radius 2 is 1.91 bits per heavy atom. The number of ether oxygens (including phenoxy) is 1. The summed E-state index contributed by atoms with van der Waals surface area (Å²) in [5, 5.41) is 2.55. The average molecular weight is 316 g/mol. The monoisotopic (exact) mass is 316 g/mol. The third-order valence-electron chi connectivity index (χ3n) is 4.16. The molecule has 1 saturated carbocycles. The molecule has 3 rings (SSSR count). The molecule has 0 radical (unpaired) electrons. The molecule has 1 aromatic rings. The van der Waals surface area contributed by atoms with E-state index in [1.54, 1.807) is 0 Å². The molecule has 0 saturated heterocycles. The molecule has 0 atom stereocenters. The van der Waals surface area contributed by atoms with Crippen LogP contribution in [0.5, 0.6) is 0 Å². The maximum atomic E-state index is 11.9. The Bertz CT molecular complexity index is 708. The van der Waals surface area contributed by atoms with Crippen molar-refractivity contribution in [2.45, 2.75) is 19.3 Å². The summed E-state index contributed by atoms with van der Waals surface area (Å²) in [5.41, 5.74) is 0.943. The van der Waals surface area contributed by atoms with E-state index in [9.17, 15) is 19.2 Å². The molecule has 1 aliphatic heterocycles. The van der Waals surface area contributed by atoms with Crippen LogP contribution in [0.4, 0.5) is 5.69 Å². The highest BCUT2D eigenvalue weighted by molar-refractivity contribution is 6.21. The highest BCUT2D eigenvalue weighted by atomic mass is 16.5. The summed E-state index contributed by atoms with van der Waals surface area (Å²) in [6.07, 6.45) is 2.64.